The van der Waals surface area contributed by atoms with Gasteiger partial charge in [-0.25, -0.2) is 9.67 Å². The molecule has 8 heteroatoms. The Morgan fingerprint density at radius 1 is 1.26 bits per heavy atom. The molecular formula is C11H8ClN5OS. The van der Waals surface area contributed by atoms with Crippen LogP contribution in [0.25, 0.3) is 21.3 Å². The molecule has 96 valence electrons. The SMILES string of the molecule is Cn1nnnc1-c1sc(-c2ccc(Cl)cc2)nc1O. The molecular weight excluding hydrogens is 286 g/mol. The fraction of sp³-hybridized carbons (Fsp3) is 0.0909. The van der Waals surface area contributed by atoms with E-state index in [4.69, 9.17) is 11.6 Å². The van der Waals surface area contributed by atoms with Gasteiger partial charge in [0, 0.05) is 17.6 Å². The predicted molar refractivity (Wildman–Crippen MR) is 72.0 cm³/mol. The minimum Gasteiger partial charge on any atom is -0.492 e. The van der Waals surface area contributed by atoms with Crippen molar-refractivity contribution in [3.63, 3.8) is 0 Å². The van der Waals surface area contributed by atoms with Crippen LogP contribution in [0.2, 0.25) is 5.02 Å². The number of aromatic nitrogens is 5. The number of thiazole rings is 1. The summed E-state index contributed by atoms with van der Waals surface area (Å²) in [6.45, 7) is 0. The van der Waals surface area contributed by atoms with E-state index >= 15 is 0 Å². The van der Waals surface area contributed by atoms with Crippen molar-refractivity contribution < 1.29 is 5.11 Å². The second-order valence-electron chi connectivity index (χ2n) is 3.80. The average molecular weight is 294 g/mol. The van der Waals surface area contributed by atoms with E-state index in [-0.39, 0.29) is 5.88 Å². The first-order valence-electron chi connectivity index (χ1n) is 5.33. The number of nitrogens with zero attached hydrogens (tertiary/aromatic N) is 5. The molecule has 19 heavy (non-hydrogen) atoms. The van der Waals surface area contributed by atoms with Crippen molar-refractivity contribution in [1.29, 1.82) is 0 Å². The summed E-state index contributed by atoms with van der Waals surface area (Å²) in [6, 6.07) is 7.25. The van der Waals surface area contributed by atoms with Gasteiger partial charge >= 0.3 is 0 Å². The highest BCUT2D eigenvalue weighted by Gasteiger charge is 2.18. The van der Waals surface area contributed by atoms with Gasteiger partial charge in [-0.2, -0.15) is 0 Å². The molecule has 0 saturated carbocycles. The summed E-state index contributed by atoms with van der Waals surface area (Å²) >= 11 is 7.16. The first kappa shape index (κ1) is 12.1. The molecule has 0 amide bonds. The Bertz CT molecular complexity index is 721. The van der Waals surface area contributed by atoms with E-state index in [1.54, 1.807) is 19.2 Å². The van der Waals surface area contributed by atoms with Crippen LogP contribution in [-0.2, 0) is 7.05 Å². The van der Waals surface area contributed by atoms with Gasteiger partial charge in [0.15, 0.2) is 5.82 Å². The Morgan fingerprint density at radius 3 is 2.63 bits per heavy atom. The highest BCUT2D eigenvalue weighted by Crippen LogP contribution is 2.37. The molecule has 1 aromatic carbocycles. The third kappa shape index (κ3) is 2.18. The van der Waals surface area contributed by atoms with Gasteiger partial charge in [-0.15, -0.1) is 16.4 Å². The zero-order valence-corrected chi connectivity index (χ0v) is 11.4. The van der Waals surface area contributed by atoms with E-state index in [1.165, 1.54) is 16.0 Å². The van der Waals surface area contributed by atoms with Crippen LogP contribution in [0.4, 0.5) is 0 Å². The molecule has 0 radical (unpaired) electrons. The van der Waals surface area contributed by atoms with Crippen molar-refractivity contribution in [3.05, 3.63) is 29.3 Å². The van der Waals surface area contributed by atoms with Crippen LogP contribution in [0.3, 0.4) is 0 Å². The van der Waals surface area contributed by atoms with Crippen molar-refractivity contribution in [3.8, 4) is 27.2 Å². The minimum absolute atomic E-state index is 0.0761. The molecule has 0 spiro atoms. The van der Waals surface area contributed by atoms with Crippen molar-refractivity contribution in [2.45, 2.75) is 0 Å². The van der Waals surface area contributed by atoms with Crippen molar-refractivity contribution >= 4 is 22.9 Å². The quantitative estimate of drug-likeness (QED) is 0.785. The summed E-state index contributed by atoms with van der Waals surface area (Å²) in [4.78, 5) is 4.67. The van der Waals surface area contributed by atoms with E-state index in [1.807, 2.05) is 12.1 Å². The molecule has 0 fully saturated rings. The van der Waals surface area contributed by atoms with Crippen LogP contribution < -0.4 is 0 Å². The number of halogens is 1. The van der Waals surface area contributed by atoms with Gasteiger partial charge in [-0.05, 0) is 22.6 Å². The largest absolute Gasteiger partial charge is 0.492 e. The van der Waals surface area contributed by atoms with Crippen molar-refractivity contribution in [2.75, 3.05) is 0 Å². The van der Waals surface area contributed by atoms with Crippen LogP contribution in [0.15, 0.2) is 24.3 Å². The van der Waals surface area contributed by atoms with E-state index in [2.05, 4.69) is 20.5 Å². The molecule has 6 nitrogen and oxygen atoms in total. The second-order valence-corrected chi connectivity index (χ2v) is 5.24. The summed E-state index contributed by atoms with van der Waals surface area (Å²) in [5.41, 5.74) is 0.881. The molecule has 3 aromatic rings. The normalized spacial score (nSPS) is 10.8. The average Bonchev–Trinajstić information content (AvgIpc) is 2.96. The molecule has 2 aromatic heterocycles. The number of hydrogen-bond acceptors (Lipinski definition) is 6. The summed E-state index contributed by atoms with van der Waals surface area (Å²) in [6.07, 6.45) is 0. The van der Waals surface area contributed by atoms with Crippen LogP contribution in [0, 0.1) is 0 Å². The Hall–Kier alpha value is -1.99. The first-order chi connectivity index (χ1) is 9.15. The highest BCUT2D eigenvalue weighted by atomic mass is 35.5. The lowest BCUT2D eigenvalue weighted by Gasteiger charge is -1.95. The first-order valence-corrected chi connectivity index (χ1v) is 6.53. The summed E-state index contributed by atoms with van der Waals surface area (Å²) in [5.74, 6) is 0.406. The number of hydrogen-bond donors (Lipinski definition) is 1. The maximum Gasteiger partial charge on any atom is 0.234 e. The van der Waals surface area contributed by atoms with Gasteiger partial charge in [-0.1, -0.05) is 23.7 Å². The lowest BCUT2D eigenvalue weighted by atomic mass is 10.2. The number of benzene rings is 1. The molecule has 0 aliphatic rings. The zero-order valence-electron chi connectivity index (χ0n) is 9.78. The van der Waals surface area contributed by atoms with Gasteiger partial charge in [0.2, 0.25) is 5.88 Å². The minimum atomic E-state index is -0.0761. The molecule has 1 N–H and O–H groups in total. The third-order valence-corrected chi connectivity index (χ3v) is 3.87. The zero-order chi connectivity index (χ0) is 13.4. The van der Waals surface area contributed by atoms with Crippen LogP contribution in [-0.4, -0.2) is 30.3 Å². The maximum absolute atomic E-state index is 9.91. The predicted octanol–water partition coefficient (Wildman–Crippen LogP) is 2.36. The van der Waals surface area contributed by atoms with Gasteiger partial charge in [0.05, 0.1) is 0 Å². The number of aryl methyl sites for hydroxylation is 1. The standard InChI is InChI=1S/C11H8ClN5OS/c1-17-9(14-15-16-17)8-10(18)13-11(19-8)6-2-4-7(12)5-3-6/h2-5,18H,1H3. The highest BCUT2D eigenvalue weighted by molar-refractivity contribution is 7.18. The Kier molecular flexibility index (Phi) is 2.92. The lowest BCUT2D eigenvalue weighted by molar-refractivity contribution is 0.459. The van der Waals surface area contributed by atoms with E-state index in [0.29, 0.717) is 20.7 Å². The van der Waals surface area contributed by atoms with E-state index in [0.717, 1.165) is 5.56 Å². The Morgan fingerprint density at radius 2 is 2.00 bits per heavy atom. The third-order valence-electron chi connectivity index (χ3n) is 2.52. The van der Waals surface area contributed by atoms with Crippen molar-refractivity contribution in [1.82, 2.24) is 25.2 Å². The monoisotopic (exact) mass is 293 g/mol. The van der Waals surface area contributed by atoms with Gasteiger partial charge < -0.3 is 5.11 Å². The summed E-state index contributed by atoms with van der Waals surface area (Å²) in [7, 11) is 1.70. The van der Waals surface area contributed by atoms with Crippen LogP contribution >= 0.6 is 22.9 Å². The number of tetrazole rings is 1. The van der Waals surface area contributed by atoms with Crippen molar-refractivity contribution in [2.24, 2.45) is 7.05 Å². The van der Waals surface area contributed by atoms with E-state index in [9.17, 15) is 5.11 Å². The lowest BCUT2D eigenvalue weighted by Crippen LogP contribution is -1.92. The van der Waals surface area contributed by atoms with Crippen LogP contribution in [0.5, 0.6) is 5.88 Å². The second kappa shape index (κ2) is 4.60. The van der Waals surface area contributed by atoms with E-state index < -0.39 is 0 Å². The molecule has 0 bridgehead atoms. The maximum atomic E-state index is 9.91. The Balaban J connectivity index is 2.07. The molecule has 0 atom stereocenters. The van der Waals surface area contributed by atoms with Gasteiger partial charge in [0.1, 0.15) is 9.88 Å². The molecule has 3 rings (SSSR count). The molecule has 0 unspecified atom stereocenters. The smallest absolute Gasteiger partial charge is 0.234 e. The van der Waals surface area contributed by atoms with Crippen LogP contribution in [0.1, 0.15) is 0 Å². The summed E-state index contributed by atoms with van der Waals surface area (Å²) < 4.78 is 1.48. The molecule has 0 aliphatic heterocycles. The number of aromatic hydroxyl groups is 1. The fourth-order valence-electron chi connectivity index (χ4n) is 1.60. The fourth-order valence-corrected chi connectivity index (χ4v) is 2.70. The van der Waals surface area contributed by atoms with Gasteiger partial charge in [0.25, 0.3) is 0 Å². The molecule has 0 saturated heterocycles. The van der Waals surface area contributed by atoms with Gasteiger partial charge in [-0.3, -0.25) is 0 Å². The Labute approximate surface area is 117 Å². The topological polar surface area (TPSA) is 76.7 Å². The molecule has 0 aliphatic carbocycles. The summed E-state index contributed by atoms with van der Waals surface area (Å²) in [5, 5.41) is 22.4. The number of rotatable bonds is 2. The molecule has 2 heterocycles.